The number of carbonyl (C=O) groups is 1. The topological polar surface area (TPSA) is 102 Å². The first-order valence-corrected chi connectivity index (χ1v) is 10.9. The monoisotopic (exact) mass is 446 g/mol. The summed E-state index contributed by atoms with van der Waals surface area (Å²) in [5, 5.41) is 7.17. The standard InChI is InChI=1S/C23H22N6O2S/c1-4-31-21(30)20-15(3)26-23(32-20)27-17-8-7-14(2)19(12-17)29-22-25-11-9-18(28-22)16-6-5-10-24-13-16/h5-13H,4H2,1-3H3,(H,26,27)(H,25,28,29). The maximum absolute atomic E-state index is 12.1. The molecule has 2 N–H and O–H groups in total. The summed E-state index contributed by atoms with van der Waals surface area (Å²) < 4.78 is 5.09. The number of thiazole rings is 1. The molecule has 0 aliphatic carbocycles. The molecule has 32 heavy (non-hydrogen) atoms. The van der Waals surface area contributed by atoms with E-state index in [1.165, 1.54) is 11.3 Å². The van der Waals surface area contributed by atoms with Crippen LogP contribution >= 0.6 is 11.3 Å². The molecule has 0 bridgehead atoms. The Bertz CT molecular complexity index is 1240. The fourth-order valence-corrected chi connectivity index (χ4v) is 3.89. The number of ether oxygens (including phenoxy) is 1. The smallest absolute Gasteiger partial charge is 0.350 e. The van der Waals surface area contributed by atoms with Crippen LogP contribution in [0, 0.1) is 13.8 Å². The summed E-state index contributed by atoms with van der Waals surface area (Å²) in [6.45, 7) is 5.91. The second-order valence-electron chi connectivity index (χ2n) is 6.94. The number of rotatable bonds is 7. The minimum atomic E-state index is -0.354. The number of carbonyl (C=O) groups excluding carboxylic acids is 1. The lowest BCUT2D eigenvalue weighted by atomic mass is 10.2. The Kier molecular flexibility index (Phi) is 6.37. The van der Waals surface area contributed by atoms with Crippen LogP contribution in [0.3, 0.4) is 0 Å². The van der Waals surface area contributed by atoms with Gasteiger partial charge in [-0.25, -0.2) is 19.7 Å². The predicted octanol–water partition coefficient (Wildman–Crippen LogP) is 5.28. The van der Waals surface area contributed by atoms with E-state index in [-0.39, 0.29) is 5.97 Å². The number of aryl methyl sites for hydroxylation is 2. The number of pyridine rings is 1. The van der Waals surface area contributed by atoms with Crippen molar-refractivity contribution in [3.8, 4) is 11.3 Å². The molecule has 0 unspecified atom stereocenters. The van der Waals surface area contributed by atoms with E-state index in [0.717, 1.165) is 28.2 Å². The molecule has 162 valence electrons. The molecular formula is C23H22N6O2S. The molecule has 4 aromatic rings. The second-order valence-corrected chi connectivity index (χ2v) is 7.94. The molecule has 1 aromatic carbocycles. The van der Waals surface area contributed by atoms with Gasteiger partial charge in [-0.15, -0.1) is 0 Å². The Hall–Kier alpha value is -3.85. The lowest BCUT2D eigenvalue weighted by Crippen LogP contribution is -2.03. The Balaban J connectivity index is 1.54. The molecule has 3 heterocycles. The molecule has 0 saturated carbocycles. The van der Waals surface area contributed by atoms with Gasteiger partial charge in [0.2, 0.25) is 5.95 Å². The van der Waals surface area contributed by atoms with Gasteiger partial charge in [0.25, 0.3) is 0 Å². The van der Waals surface area contributed by atoms with Gasteiger partial charge in [0.05, 0.1) is 18.0 Å². The molecule has 3 aromatic heterocycles. The molecule has 0 spiro atoms. The van der Waals surface area contributed by atoms with Crippen LogP contribution in [0.25, 0.3) is 11.3 Å². The van der Waals surface area contributed by atoms with Crippen LogP contribution in [0.4, 0.5) is 22.5 Å². The molecule has 8 nitrogen and oxygen atoms in total. The molecule has 0 aliphatic heterocycles. The van der Waals surface area contributed by atoms with Gasteiger partial charge in [0.1, 0.15) is 4.88 Å². The van der Waals surface area contributed by atoms with Crippen molar-refractivity contribution in [2.45, 2.75) is 20.8 Å². The minimum absolute atomic E-state index is 0.329. The van der Waals surface area contributed by atoms with Crippen LogP contribution in [-0.4, -0.2) is 32.5 Å². The highest BCUT2D eigenvalue weighted by Gasteiger charge is 2.16. The van der Waals surface area contributed by atoms with E-state index < -0.39 is 0 Å². The SMILES string of the molecule is CCOC(=O)c1sc(Nc2ccc(C)c(Nc3nccc(-c4cccnc4)n3)c2)nc1C. The van der Waals surface area contributed by atoms with Crippen LogP contribution in [0.2, 0.25) is 0 Å². The summed E-state index contributed by atoms with van der Waals surface area (Å²) in [5.41, 5.74) is 5.06. The van der Waals surface area contributed by atoms with Gasteiger partial charge in [-0.05, 0) is 56.7 Å². The first kappa shape index (κ1) is 21.4. The van der Waals surface area contributed by atoms with E-state index in [1.807, 2.05) is 43.3 Å². The number of esters is 1. The highest BCUT2D eigenvalue weighted by Crippen LogP contribution is 2.29. The number of nitrogens with zero attached hydrogens (tertiary/aromatic N) is 4. The minimum Gasteiger partial charge on any atom is -0.462 e. The predicted molar refractivity (Wildman–Crippen MR) is 126 cm³/mol. The number of hydrogen-bond acceptors (Lipinski definition) is 9. The molecule has 0 saturated heterocycles. The third-order valence-corrected chi connectivity index (χ3v) is 5.66. The lowest BCUT2D eigenvalue weighted by molar-refractivity contribution is 0.0531. The van der Waals surface area contributed by atoms with Gasteiger partial charge in [-0.2, -0.15) is 0 Å². The highest BCUT2D eigenvalue weighted by atomic mass is 32.1. The van der Waals surface area contributed by atoms with Crippen molar-refractivity contribution in [2.75, 3.05) is 17.2 Å². The highest BCUT2D eigenvalue weighted by molar-refractivity contribution is 7.17. The first-order valence-electron chi connectivity index (χ1n) is 10.1. The number of aromatic nitrogens is 4. The summed E-state index contributed by atoms with van der Waals surface area (Å²) in [5.74, 6) is 0.133. The van der Waals surface area contributed by atoms with Crippen molar-refractivity contribution in [1.29, 1.82) is 0 Å². The van der Waals surface area contributed by atoms with Crippen LogP contribution < -0.4 is 10.6 Å². The number of nitrogens with one attached hydrogen (secondary N) is 2. The quantitative estimate of drug-likeness (QED) is 0.370. The normalized spacial score (nSPS) is 10.6. The maximum atomic E-state index is 12.1. The van der Waals surface area contributed by atoms with Crippen molar-refractivity contribution < 1.29 is 9.53 Å². The van der Waals surface area contributed by atoms with Crippen molar-refractivity contribution in [3.63, 3.8) is 0 Å². The van der Waals surface area contributed by atoms with E-state index in [0.29, 0.717) is 28.3 Å². The number of hydrogen-bond donors (Lipinski definition) is 2. The molecule has 0 amide bonds. The van der Waals surface area contributed by atoms with Crippen LogP contribution in [-0.2, 0) is 4.74 Å². The van der Waals surface area contributed by atoms with Crippen molar-refractivity contribution in [1.82, 2.24) is 19.9 Å². The lowest BCUT2D eigenvalue weighted by Gasteiger charge is -2.11. The first-order chi connectivity index (χ1) is 15.5. The third kappa shape index (κ3) is 4.89. The molecule has 0 radical (unpaired) electrons. The van der Waals surface area contributed by atoms with E-state index in [9.17, 15) is 4.79 Å². The van der Waals surface area contributed by atoms with E-state index in [2.05, 4.69) is 30.6 Å². The molecule has 0 atom stereocenters. The Morgan fingerprint density at radius 3 is 2.75 bits per heavy atom. The van der Waals surface area contributed by atoms with Crippen molar-refractivity contribution >= 4 is 39.8 Å². The van der Waals surface area contributed by atoms with E-state index in [4.69, 9.17) is 4.74 Å². The van der Waals surface area contributed by atoms with Crippen molar-refractivity contribution in [3.05, 3.63) is 71.1 Å². The van der Waals surface area contributed by atoms with Gasteiger partial charge in [-0.3, -0.25) is 4.98 Å². The van der Waals surface area contributed by atoms with E-state index >= 15 is 0 Å². The Morgan fingerprint density at radius 2 is 1.97 bits per heavy atom. The zero-order valence-corrected chi connectivity index (χ0v) is 18.7. The Morgan fingerprint density at radius 1 is 1.09 bits per heavy atom. The number of benzene rings is 1. The van der Waals surface area contributed by atoms with Gasteiger partial charge in [0, 0.05) is 35.5 Å². The van der Waals surface area contributed by atoms with Crippen molar-refractivity contribution in [2.24, 2.45) is 0 Å². The largest absolute Gasteiger partial charge is 0.462 e. The summed E-state index contributed by atoms with van der Waals surface area (Å²) in [7, 11) is 0. The average Bonchev–Trinajstić information content (AvgIpc) is 3.17. The maximum Gasteiger partial charge on any atom is 0.350 e. The fourth-order valence-electron chi connectivity index (χ4n) is 3.01. The van der Waals surface area contributed by atoms with Crippen LogP contribution in [0.5, 0.6) is 0 Å². The Labute approximate surface area is 189 Å². The average molecular weight is 447 g/mol. The van der Waals surface area contributed by atoms with E-state index in [1.54, 1.807) is 32.4 Å². The summed E-state index contributed by atoms with van der Waals surface area (Å²) in [4.78, 5) is 30.1. The summed E-state index contributed by atoms with van der Waals surface area (Å²) >= 11 is 1.27. The van der Waals surface area contributed by atoms with Crippen LogP contribution in [0.15, 0.2) is 55.0 Å². The fraction of sp³-hybridized carbons (Fsp3) is 0.174. The zero-order chi connectivity index (χ0) is 22.5. The van der Waals surface area contributed by atoms with Crippen LogP contribution in [0.1, 0.15) is 27.9 Å². The van der Waals surface area contributed by atoms with Gasteiger partial charge in [-0.1, -0.05) is 17.4 Å². The van der Waals surface area contributed by atoms with Gasteiger partial charge < -0.3 is 15.4 Å². The zero-order valence-electron chi connectivity index (χ0n) is 17.9. The third-order valence-electron chi connectivity index (χ3n) is 4.61. The summed E-state index contributed by atoms with van der Waals surface area (Å²) in [6, 6.07) is 11.6. The van der Waals surface area contributed by atoms with Gasteiger partial charge >= 0.3 is 5.97 Å². The molecule has 0 aliphatic rings. The summed E-state index contributed by atoms with van der Waals surface area (Å²) in [6.07, 6.45) is 5.21. The van der Waals surface area contributed by atoms with Gasteiger partial charge in [0.15, 0.2) is 5.13 Å². The molecular weight excluding hydrogens is 424 g/mol. The molecule has 4 rings (SSSR count). The molecule has 9 heteroatoms. The second kappa shape index (κ2) is 9.52. The molecule has 0 fully saturated rings. The number of anilines is 4.